The highest BCUT2D eigenvalue weighted by Gasteiger charge is 2.12. The molecule has 1 N–H and O–H groups in total. The summed E-state index contributed by atoms with van der Waals surface area (Å²) in [5.41, 5.74) is 2.23. The van der Waals surface area contributed by atoms with Gasteiger partial charge in [-0.1, -0.05) is 25.1 Å². The molecule has 0 aliphatic carbocycles. The van der Waals surface area contributed by atoms with E-state index in [1.807, 2.05) is 22.9 Å². The lowest BCUT2D eigenvalue weighted by atomic mass is 10.2. The van der Waals surface area contributed by atoms with Crippen LogP contribution in [0.2, 0.25) is 0 Å². The molecule has 108 valence electrons. The minimum absolute atomic E-state index is 0.341. The highest BCUT2D eigenvalue weighted by Crippen LogP contribution is 2.19. The van der Waals surface area contributed by atoms with Crippen LogP contribution in [0.25, 0.3) is 0 Å². The van der Waals surface area contributed by atoms with Gasteiger partial charge in [0.2, 0.25) is 0 Å². The largest absolute Gasteiger partial charge is 0.392 e. The van der Waals surface area contributed by atoms with Gasteiger partial charge in [0.25, 0.3) is 0 Å². The number of aliphatic hydroxyl groups is 1. The molecule has 1 aromatic heterocycles. The van der Waals surface area contributed by atoms with Crippen LogP contribution in [0.3, 0.4) is 0 Å². The van der Waals surface area contributed by atoms with Crippen molar-refractivity contribution < 1.29 is 5.11 Å². The summed E-state index contributed by atoms with van der Waals surface area (Å²) in [5.74, 6) is 0.709. The van der Waals surface area contributed by atoms with Crippen LogP contribution in [-0.2, 0) is 19.4 Å². The number of thioether (sulfide) groups is 1. The summed E-state index contributed by atoms with van der Waals surface area (Å²) in [7, 11) is 0. The summed E-state index contributed by atoms with van der Waals surface area (Å²) >= 11 is 1.69. The molecule has 0 aliphatic heterocycles. The molecule has 1 unspecified atom stereocenters. The molecule has 0 aliphatic rings. The lowest BCUT2D eigenvalue weighted by Gasteiger charge is -2.11. The molecule has 1 atom stereocenters. The highest BCUT2D eigenvalue weighted by atomic mass is 32.2. The first-order chi connectivity index (χ1) is 9.72. The molecule has 20 heavy (non-hydrogen) atoms. The molecular formula is C16H22N2OS. The molecule has 0 bridgehead atoms. The number of aliphatic hydroxyl groups excluding tert-OH is 1. The third-order valence-electron chi connectivity index (χ3n) is 3.21. The number of rotatable bonds is 7. The molecule has 0 saturated heterocycles. The van der Waals surface area contributed by atoms with Crippen molar-refractivity contribution in [3.8, 4) is 0 Å². The number of aryl methyl sites for hydroxylation is 2. The lowest BCUT2D eigenvalue weighted by Crippen LogP contribution is -2.16. The second-order valence-corrected chi connectivity index (χ2v) is 5.87. The average Bonchev–Trinajstić information content (AvgIpc) is 2.88. The maximum Gasteiger partial charge on any atom is 0.0689 e. The second kappa shape index (κ2) is 7.50. The smallest absolute Gasteiger partial charge is 0.0689 e. The lowest BCUT2D eigenvalue weighted by molar-refractivity contribution is 0.197. The normalized spacial score (nSPS) is 12.6. The first kappa shape index (κ1) is 15.1. The van der Waals surface area contributed by atoms with Crippen molar-refractivity contribution in [1.82, 2.24) is 9.78 Å². The summed E-state index contributed by atoms with van der Waals surface area (Å²) in [6.45, 7) is 5.04. The predicted octanol–water partition coefficient (Wildman–Crippen LogP) is 3.16. The number of benzene rings is 1. The van der Waals surface area contributed by atoms with Crippen LogP contribution in [0.5, 0.6) is 0 Å². The van der Waals surface area contributed by atoms with Gasteiger partial charge in [0.1, 0.15) is 0 Å². The van der Waals surface area contributed by atoms with Crippen molar-refractivity contribution in [2.45, 2.75) is 44.2 Å². The second-order valence-electron chi connectivity index (χ2n) is 4.78. The van der Waals surface area contributed by atoms with E-state index in [1.54, 1.807) is 11.8 Å². The zero-order valence-electron chi connectivity index (χ0n) is 12.1. The number of hydrogen-bond acceptors (Lipinski definition) is 3. The summed E-state index contributed by atoms with van der Waals surface area (Å²) < 4.78 is 2.00. The van der Waals surface area contributed by atoms with E-state index >= 15 is 0 Å². The molecule has 0 amide bonds. The van der Waals surface area contributed by atoms with Crippen molar-refractivity contribution in [1.29, 1.82) is 0 Å². The number of aromatic nitrogens is 2. The number of hydrogen-bond donors (Lipinski definition) is 1. The Labute approximate surface area is 125 Å². The Bertz CT molecular complexity index is 525. The Hall–Kier alpha value is -1.26. The quantitative estimate of drug-likeness (QED) is 0.796. The molecular weight excluding hydrogens is 268 g/mol. The van der Waals surface area contributed by atoms with E-state index < -0.39 is 0 Å². The Kier molecular flexibility index (Phi) is 5.68. The molecule has 2 rings (SSSR count). The molecule has 0 spiro atoms. The van der Waals surface area contributed by atoms with Crippen molar-refractivity contribution in [3.05, 3.63) is 47.8 Å². The fourth-order valence-electron chi connectivity index (χ4n) is 2.14. The van der Waals surface area contributed by atoms with Gasteiger partial charge in [-0.25, -0.2) is 0 Å². The zero-order chi connectivity index (χ0) is 14.4. The first-order valence-electron chi connectivity index (χ1n) is 7.14. The SMILES string of the molecule is CCc1cc(CC(O)CSc2ccccc2)n(CC)n1. The fraction of sp³-hybridized carbons (Fsp3) is 0.438. The van der Waals surface area contributed by atoms with Gasteiger partial charge in [-0.05, 0) is 31.5 Å². The van der Waals surface area contributed by atoms with Gasteiger partial charge in [0.15, 0.2) is 0 Å². The van der Waals surface area contributed by atoms with E-state index in [-0.39, 0.29) is 6.10 Å². The van der Waals surface area contributed by atoms with Crippen LogP contribution in [0.1, 0.15) is 25.2 Å². The van der Waals surface area contributed by atoms with Crippen LogP contribution < -0.4 is 0 Å². The molecule has 0 radical (unpaired) electrons. The summed E-state index contributed by atoms with van der Waals surface area (Å²) in [6, 6.07) is 12.3. The fourth-order valence-corrected chi connectivity index (χ4v) is 2.99. The van der Waals surface area contributed by atoms with Crippen molar-refractivity contribution in [2.24, 2.45) is 0 Å². The van der Waals surface area contributed by atoms with Crippen molar-refractivity contribution in [3.63, 3.8) is 0 Å². The maximum atomic E-state index is 10.2. The Balaban J connectivity index is 1.91. The minimum Gasteiger partial charge on any atom is -0.392 e. The van der Waals surface area contributed by atoms with Gasteiger partial charge >= 0.3 is 0 Å². The molecule has 2 aromatic rings. The monoisotopic (exact) mass is 290 g/mol. The van der Waals surface area contributed by atoms with E-state index in [1.165, 1.54) is 4.90 Å². The molecule has 3 nitrogen and oxygen atoms in total. The molecule has 1 aromatic carbocycles. The van der Waals surface area contributed by atoms with Crippen LogP contribution in [0, 0.1) is 0 Å². The first-order valence-corrected chi connectivity index (χ1v) is 8.13. The summed E-state index contributed by atoms with van der Waals surface area (Å²) in [6.07, 6.45) is 1.27. The third kappa shape index (κ3) is 4.12. The van der Waals surface area contributed by atoms with E-state index in [9.17, 15) is 5.11 Å². The number of nitrogens with zero attached hydrogens (tertiary/aromatic N) is 2. The predicted molar refractivity (Wildman–Crippen MR) is 84.2 cm³/mol. The average molecular weight is 290 g/mol. The van der Waals surface area contributed by atoms with E-state index in [4.69, 9.17) is 0 Å². The van der Waals surface area contributed by atoms with Gasteiger partial charge in [-0.15, -0.1) is 11.8 Å². The summed E-state index contributed by atoms with van der Waals surface area (Å²) in [4.78, 5) is 1.20. The van der Waals surface area contributed by atoms with Crippen molar-refractivity contribution >= 4 is 11.8 Å². The topological polar surface area (TPSA) is 38.0 Å². The third-order valence-corrected chi connectivity index (χ3v) is 4.36. The molecule has 1 heterocycles. The minimum atomic E-state index is -0.341. The van der Waals surface area contributed by atoms with Crippen LogP contribution in [0.15, 0.2) is 41.3 Å². The standard InChI is InChI=1S/C16H22N2OS/c1-3-13-10-14(18(4-2)17-13)11-15(19)12-20-16-8-6-5-7-9-16/h5-10,15,19H,3-4,11-12H2,1-2H3. The zero-order valence-corrected chi connectivity index (χ0v) is 12.9. The van der Waals surface area contributed by atoms with Gasteiger partial charge in [-0.2, -0.15) is 5.10 Å². The molecule has 0 fully saturated rings. The Morgan fingerprint density at radius 1 is 1.25 bits per heavy atom. The summed E-state index contributed by atoms with van der Waals surface area (Å²) in [5, 5.41) is 14.7. The Morgan fingerprint density at radius 2 is 2.00 bits per heavy atom. The highest BCUT2D eigenvalue weighted by molar-refractivity contribution is 7.99. The van der Waals surface area contributed by atoms with Crippen molar-refractivity contribution in [2.75, 3.05) is 5.75 Å². The van der Waals surface area contributed by atoms with Crippen LogP contribution >= 0.6 is 11.8 Å². The van der Waals surface area contributed by atoms with Gasteiger partial charge in [0, 0.05) is 29.3 Å². The van der Waals surface area contributed by atoms with Gasteiger partial charge < -0.3 is 5.11 Å². The Morgan fingerprint density at radius 3 is 2.65 bits per heavy atom. The van der Waals surface area contributed by atoms with Gasteiger partial charge in [-0.3, -0.25) is 4.68 Å². The van der Waals surface area contributed by atoms with Gasteiger partial charge in [0.05, 0.1) is 11.8 Å². The van der Waals surface area contributed by atoms with E-state index in [0.717, 1.165) is 24.4 Å². The van der Waals surface area contributed by atoms with Crippen LogP contribution in [0.4, 0.5) is 0 Å². The van der Waals surface area contributed by atoms with Crippen LogP contribution in [-0.4, -0.2) is 26.7 Å². The molecule has 4 heteroatoms. The van der Waals surface area contributed by atoms with E-state index in [2.05, 4.69) is 37.1 Å². The maximum absolute atomic E-state index is 10.2. The van der Waals surface area contributed by atoms with E-state index in [0.29, 0.717) is 12.2 Å². The molecule has 0 saturated carbocycles.